The number of rotatable bonds is 2. The van der Waals surface area contributed by atoms with E-state index in [4.69, 9.17) is 18.6 Å². The monoisotopic (exact) mass is 371 g/mol. The maximum Gasteiger partial charge on any atom is 0.409 e. The molecule has 0 bridgehead atoms. The smallest absolute Gasteiger partial charge is 0.222 e. The molecule has 0 radical (unpaired) electrons. The molecule has 3 rings (SSSR count). The van der Waals surface area contributed by atoms with E-state index in [0.717, 1.165) is 15.3 Å². The van der Waals surface area contributed by atoms with E-state index in [-0.39, 0.29) is 5.82 Å². The first-order valence-corrected chi connectivity index (χ1v) is 8.46. The van der Waals surface area contributed by atoms with Gasteiger partial charge in [-0.3, -0.25) is 0 Å². The number of para-hydroxylation sites is 1. The Balaban J connectivity index is 0.000000368. The van der Waals surface area contributed by atoms with Gasteiger partial charge < -0.3 is 0 Å². The predicted octanol–water partition coefficient (Wildman–Crippen LogP) is -0.476. The third kappa shape index (κ3) is 5.57. The first kappa shape index (κ1) is 18.3. The summed E-state index contributed by atoms with van der Waals surface area (Å²) in [6.45, 7) is 0. The van der Waals surface area contributed by atoms with Gasteiger partial charge in [0, 0.05) is 0 Å². The maximum absolute atomic E-state index is 12.8. The van der Waals surface area contributed by atoms with Gasteiger partial charge in [-0.2, -0.15) is 0 Å². The zero-order valence-electron chi connectivity index (χ0n) is 12.3. The molecule has 0 aliphatic carbocycles. The van der Waals surface area contributed by atoms with Crippen LogP contribution >= 0.6 is 11.3 Å². The summed E-state index contributed by atoms with van der Waals surface area (Å²) in [4.78, 5) is 0. The van der Waals surface area contributed by atoms with E-state index in [1.807, 2.05) is 29.8 Å². The van der Waals surface area contributed by atoms with E-state index >= 15 is 0 Å². The first-order valence-electron chi connectivity index (χ1n) is 6.40. The minimum Gasteiger partial charge on any atom is -0.222 e. The van der Waals surface area contributed by atoms with Crippen molar-refractivity contribution in [3.63, 3.8) is 0 Å². The minimum absolute atomic E-state index is 0.272. The molecule has 0 atom stereocenters. The van der Waals surface area contributed by atoms with E-state index in [2.05, 4.69) is 16.3 Å². The molecule has 7 nitrogen and oxygen atoms in total. The van der Waals surface area contributed by atoms with Gasteiger partial charge in [-0.25, -0.2) is 27.6 Å². The quantitative estimate of drug-likeness (QED) is 0.446. The third-order valence-corrected chi connectivity index (χ3v) is 3.90. The number of thiazole rings is 1. The van der Waals surface area contributed by atoms with E-state index in [1.54, 1.807) is 23.5 Å². The van der Waals surface area contributed by atoms with Crippen LogP contribution in [0, 0.1) is 16.1 Å². The van der Waals surface area contributed by atoms with Crippen molar-refractivity contribution in [2.75, 3.05) is 0 Å². The van der Waals surface area contributed by atoms with E-state index < -0.39 is 10.2 Å². The third-order valence-electron chi connectivity index (χ3n) is 2.79. The lowest BCUT2D eigenvalue weighted by Gasteiger charge is -2.17. The molecule has 24 heavy (non-hydrogen) atoms. The van der Waals surface area contributed by atoms with Crippen LogP contribution in [0.4, 0.5) is 15.2 Å². The van der Waals surface area contributed by atoms with Gasteiger partial charge in [0.15, 0.2) is 0 Å². The van der Waals surface area contributed by atoms with Gasteiger partial charge >= 0.3 is 5.13 Å². The molecule has 0 aliphatic rings. The number of hydrogen-bond donors (Lipinski definition) is 0. The molecule has 0 saturated heterocycles. The fourth-order valence-corrected chi connectivity index (χ4v) is 2.76. The Kier molecular flexibility index (Phi) is 5.89. The lowest BCUT2D eigenvalue weighted by atomic mass is 10.3. The second-order valence-corrected chi connectivity index (χ2v) is 6.23. The van der Waals surface area contributed by atoms with Crippen molar-refractivity contribution in [3.05, 3.63) is 54.3 Å². The van der Waals surface area contributed by atoms with Crippen LogP contribution in [0.15, 0.2) is 58.8 Å². The summed E-state index contributed by atoms with van der Waals surface area (Å²) >= 11 is 1.57. The highest BCUT2D eigenvalue weighted by Gasteiger charge is 2.15. The summed E-state index contributed by atoms with van der Waals surface area (Å²) in [7, 11) is -2.99. The summed E-state index contributed by atoms with van der Waals surface area (Å²) in [5.41, 5.74) is 1.76. The summed E-state index contributed by atoms with van der Waals surface area (Å²) in [5.74, 6) is -0.272. The SMILES string of the molecule is C[n+]1c(N=Nc2ccc(F)cc2)sc2ccccc21.[O-][Cl+3]([O-])([O-])[O-]. The molecule has 0 fully saturated rings. The van der Waals surface area contributed by atoms with Gasteiger partial charge in [-0.1, -0.05) is 12.1 Å². The van der Waals surface area contributed by atoms with E-state index in [1.165, 1.54) is 12.1 Å². The number of azo groups is 1. The van der Waals surface area contributed by atoms with Crippen molar-refractivity contribution in [2.45, 2.75) is 0 Å². The molecule has 126 valence electrons. The number of nitrogens with zero attached hydrogens (tertiary/aromatic N) is 3. The molecule has 0 N–H and O–H groups in total. The van der Waals surface area contributed by atoms with Crippen LogP contribution in [0.25, 0.3) is 10.2 Å². The second kappa shape index (κ2) is 7.71. The van der Waals surface area contributed by atoms with E-state index in [9.17, 15) is 4.39 Å². The van der Waals surface area contributed by atoms with Crippen molar-refractivity contribution in [2.24, 2.45) is 17.3 Å². The zero-order valence-corrected chi connectivity index (χ0v) is 13.8. The number of fused-ring (bicyclic) bond motifs is 1. The molecule has 0 unspecified atom stereocenters. The predicted molar refractivity (Wildman–Crippen MR) is 73.6 cm³/mol. The van der Waals surface area contributed by atoms with Gasteiger partial charge in [0.25, 0.3) is 0 Å². The van der Waals surface area contributed by atoms with Crippen LogP contribution in [0.5, 0.6) is 0 Å². The highest BCUT2D eigenvalue weighted by atomic mass is 35.7. The van der Waals surface area contributed by atoms with Crippen molar-refractivity contribution in [1.82, 2.24) is 0 Å². The van der Waals surface area contributed by atoms with Crippen molar-refractivity contribution < 1.29 is 37.8 Å². The molecule has 2 aromatic carbocycles. The van der Waals surface area contributed by atoms with Crippen molar-refractivity contribution in [3.8, 4) is 0 Å². The summed E-state index contributed by atoms with van der Waals surface area (Å²) in [6.07, 6.45) is 0. The van der Waals surface area contributed by atoms with Crippen LogP contribution in [0.2, 0.25) is 0 Å². The maximum atomic E-state index is 12.8. The Labute approximate surface area is 142 Å². The van der Waals surface area contributed by atoms with Gasteiger partial charge in [-0.05, 0) is 52.8 Å². The van der Waals surface area contributed by atoms with E-state index in [0.29, 0.717) is 5.69 Å². The topological polar surface area (TPSA) is 121 Å². The van der Waals surface area contributed by atoms with Crippen LogP contribution < -0.4 is 23.2 Å². The van der Waals surface area contributed by atoms with Crippen LogP contribution in [-0.2, 0) is 7.05 Å². The fourth-order valence-electron chi connectivity index (χ4n) is 1.79. The lowest BCUT2D eigenvalue weighted by molar-refractivity contribution is -2.00. The minimum atomic E-state index is -4.94. The molecule has 0 amide bonds. The Morgan fingerprint density at radius 1 is 0.958 bits per heavy atom. The molecule has 1 aromatic heterocycles. The standard InChI is InChI=1S/C14H11FN3S.ClHO4/c1-18-12-4-2-3-5-13(12)19-14(18)17-16-11-8-6-10(15)7-9-11;2-1(3,4)5/h2-9H,1H3;(H,2,3,4,5)/q+1;/p-1. The Morgan fingerprint density at radius 2 is 1.54 bits per heavy atom. The van der Waals surface area contributed by atoms with Gasteiger partial charge in [-0.15, -0.1) is 10.2 Å². The van der Waals surface area contributed by atoms with Crippen molar-refractivity contribution >= 4 is 32.4 Å². The van der Waals surface area contributed by atoms with Crippen molar-refractivity contribution in [1.29, 1.82) is 0 Å². The Bertz CT molecular complexity index is 843. The molecule has 1 heterocycles. The Morgan fingerprint density at radius 3 is 2.12 bits per heavy atom. The second-order valence-electron chi connectivity index (χ2n) is 4.47. The van der Waals surface area contributed by atoms with Gasteiger partial charge in [0.05, 0.1) is 16.9 Å². The molecule has 10 heteroatoms. The number of benzene rings is 2. The highest BCUT2D eigenvalue weighted by Crippen LogP contribution is 2.26. The normalized spacial score (nSPS) is 11.6. The van der Waals surface area contributed by atoms with Crippen LogP contribution in [0.1, 0.15) is 0 Å². The number of aryl methyl sites for hydroxylation is 1. The highest BCUT2D eigenvalue weighted by molar-refractivity contribution is 7.21. The number of halogens is 2. The molecule has 3 aromatic rings. The average molecular weight is 372 g/mol. The average Bonchev–Trinajstić information content (AvgIpc) is 2.82. The first-order chi connectivity index (χ1) is 11.2. The Hall–Kier alpha value is -2.01. The molecule has 0 spiro atoms. The fraction of sp³-hybridized carbons (Fsp3) is 0.0714. The molecule has 0 saturated carbocycles. The molecular weight excluding hydrogens is 361 g/mol. The summed E-state index contributed by atoms with van der Waals surface area (Å²) < 4.78 is 49.9. The number of aromatic nitrogens is 1. The molecular formula is C14H11ClFN3O4S. The van der Waals surface area contributed by atoms with Gasteiger partial charge in [0.2, 0.25) is 0 Å². The van der Waals surface area contributed by atoms with Crippen LogP contribution in [-0.4, -0.2) is 0 Å². The largest absolute Gasteiger partial charge is 0.409 e. The summed E-state index contributed by atoms with van der Waals surface area (Å²) in [6, 6.07) is 14.0. The van der Waals surface area contributed by atoms with Crippen LogP contribution in [0.3, 0.4) is 0 Å². The van der Waals surface area contributed by atoms with Gasteiger partial charge in [0.1, 0.15) is 17.0 Å². The number of hydrogen-bond acceptors (Lipinski definition) is 7. The molecule has 0 aliphatic heterocycles. The zero-order chi connectivity index (χ0) is 17.7. The summed E-state index contributed by atoms with van der Waals surface area (Å²) in [5, 5.41) is 9.16. The lowest BCUT2D eigenvalue weighted by Crippen LogP contribution is -2.68.